The van der Waals surface area contributed by atoms with Gasteiger partial charge in [-0.1, -0.05) is 0 Å². The van der Waals surface area contributed by atoms with E-state index in [4.69, 9.17) is 18.9 Å². The zero-order valence-electron chi connectivity index (χ0n) is 18.2. The number of rotatable bonds is 11. The number of ether oxygens (including phenoxy) is 4. The second-order valence-corrected chi connectivity index (χ2v) is 6.45. The third-order valence-electron chi connectivity index (χ3n) is 4.47. The van der Waals surface area contributed by atoms with Gasteiger partial charge in [-0.2, -0.15) is 0 Å². The van der Waals surface area contributed by atoms with E-state index in [9.17, 15) is 9.59 Å². The highest BCUT2D eigenvalue weighted by molar-refractivity contribution is 5.96. The number of benzene rings is 2. The van der Waals surface area contributed by atoms with Gasteiger partial charge in [-0.05, 0) is 63.1 Å². The van der Waals surface area contributed by atoms with Gasteiger partial charge in [0.2, 0.25) is 0 Å². The van der Waals surface area contributed by atoms with E-state index in [-0.39, 0.29) is 11.7 Å². The molecule has 7 heteroatoms. The Labute approximate surface area is 177 Å². The number of Topliss-reactive ketones (excluding diaryl/α,β-unsaturated/α-hetero) is 1. The van der Waals surface area contributed by atoms with Crippen molar-refractivity contribution in [1.29, 1.82) is 0 Å². The van der Waals surface area contributed by atoms with Crippen molar-refractivity contribution < 1.29 is 28.5 Å². The summed E-state index contributed by atoms with van der Waals surface area (Å²) in [5.74, 6) is 1.86. The van der Waals surface area contributed by atoms with E-state index in [1.54, 1.807) is 37.4 Å². The number of carbonyl (C=O) groups excluding carboxylic acids is 2. The molecule has 0 spiro atoms. The quantitative estimate of drug-likeness (QED) is 0.564. The summed E-state index contributed by atoms with van der Waals surface area (Å²) in [6.45, 7) is 6.59. The number of ketones is 1. The molecule has 30 heavy (non-hydrogen) atoms. The fourth-order valence-corrected chi connectivity index (χ4v) is 3.06. The maximum atomic E-state index is 12.6. The number of hydrogen-bond acceptors (Lipinski definition) is 6. The Kier molecular flexibility index (Phi) is 8.53. The van der Waals surface area contributed by atoms with Gasteiger partial charge in [0, 0.05) is 17.7 Å². The Morgan fingerprint density at radius 3 is 2.10 bits per heavy atom. The standard InChI is InChI=1S/C23H29NO6/c1-6-29-19-9-8-17(13-22(19)30-7-2)23(26)24-11-10-16-12-20(27-4)21(28-5)14-18(16)15(3)25/h8-9,12-14H,6-7,10-11H2,1-5H3,(H,24,26). The van der Waals surface area contributed by atoms with E-state index in [0.717, 1.165) is 5.56 Å². The topological polar surface area (TPSA) is 83.1 Å². The number of nitrogens with one attached hydrogen (secondary N) is 1. The molecule has 0 unspecified atom stereocenters. The summed E-state index contributed by atoms with van der Waals surface area (Å²) >= 11 is 0. The first-order valence-electron chi connectivity index (χ1n) is 9.88. The molecule has 0 heterocycles. The van der Waals surface area contributed by atoms with Gasteiger partial charge < -0.3 is 24.3 Å². The fourth-order valence-electron chi connectivity index (χ4n) is 3.06. The SMILES string of the molecule is CCOc1ccc(C(=O)NCCc2cc(OC)c(OC)cc2C(C)=O)cc1OCC. The summed E-state index contributed by atoms with van der Waals surface area (Å²) in [6.07, 6.45) is 0.469. The zero-order chi connectivity index (χ0) is 22.1. The molecule has 162 valence electrons. The Hall–Kier alpha value is -3.22. The molecular weight excluding hydrogens is 386 g/mol. The van der Waals surface area contributed by atoms with Crippen LogP contribution in [0.15, 0.2) is 30.3 Å². The van der Waals surface area contributed by atoms with Crippen LogP contribution >= 0.6 is 0 Å². The first-order chi connectivity index (χ1) is 14.4. The monoisotopic (exact) mass is 415 g/mol. The highest BCUT2D eigenvalue weighted by Gasteiger charge is 2.15. The second kappa shape index (κ2) is 11.1. The molecule has 1 amide bonds. The number of hydrogen-bond donors (Lipinski definition) is 1. The van der Waals surface area contributed by atoms with Gasteiger partial charge in [0.1, 0.15) is 0 Å². The molecule has 0 saturated carbocycles. The van der Waals surface area contributed by atoms with Crippen molar-refractivity contribution in [2.45, 2.75) is 27.2 Å². The zero-order valence-corrected chi connectivity index (χ0v) is 18.2. The third-order valence-corrected chi connectivity index (χ3v) is 4.47. The minimum Gasteiger partial charge on any atom is -0.493 e. The van der Waals surface area contributed by atoms with Crippen molar-refractivity contribution in [2.24, 2.45) is 0 Å². The fraction of sp³-hybridized carbons (Fsp3) is 0.391. The van der Waals surface area contributed by atoms with Crippen LogP contribution < -0.4 is 24.3 Å². The summed E-state index contributed by atoms with van der Waals surface area (Å²) in [7, 11) is 3.06. The van der Waals surface area contributed by atoms with E-state index < -0.39 is 0 Å². The summed E-state index contributed by atoms with van der Waals surface area (Å²) < 4.78 is 21.7. The molecule has 0 aliphatic heterocycles. The van der Waals surface area contributed by atoms with Crippen molar-refractivity contribution >= 4 is 11.7 Å². The van der Waals surface area contributed by atoms with Crippen LogP contribution in [0.3, 0.4) is 0 Å². The van der Waals surface area contributed by atoms with Crippen molar-refractivity contribution in [3.05, 3.63) is 47.0 Å². The number of carbonyl (C=O) groups is 2. The Morgan fingerprint density at radius 2 is 1.50 bits per heavy atom. The molecule has 2 aromatic rings. The average Bonchev–Trinajstić information content (AvgIpc) is 2.74. The van der Waals surface area contributed by atoms with E-state index in [0.29, 0.717) is 60.3 Å². The van der Waals surface area contributed by atoms with E-state index in [1.807, 2.05) is 13.8 Å². The maximum Gasteiger partial charge on any atom is 0.251 e. The molecule has 0 bridgehead atoms. The van der Waals surface area contributed by atoms with Crippen LogP contribution in [0.1, 0.15) is 47.1 Å². The lowest BCUT2D eigenvalue weighted by Crippen LogP contribution is -2.26. The van der Waals surface area contributed by atoms with Crippen LogP contribution in [0.25, 0.3) is 0 Å². The smallest absolute Gasteiger partial charge is 0.251 e. The van der Waals surface area contributed by atoms with Gasteiger partial charge >= 0.3 is 0 Å². The van der Waals surface area contributed by atoms with Crippen molar-refractivity contribution in [3.8, 4) is 23.0 Å². The molecule has 0 aromatic heterocycles. The van der Waals surface area contributed by atoms with Crippen molar-refractivity contribution in [1.82, 2.24) is 5.32 Å². The van der Waals surface area contributed by atoms with Crippen LogP contribution in [-0.4, -0.2) is 45.7 Å². The predicted octanol–water partition coefficient (Wildman–Crippen LogP) is 3.68. The van der Waals surface area contributed by atoms with Crippen LogP contribution in [0.5, 0.6) is 23.0 Å². The lowest BCUT2D eigenvalue weighted by molar-refractivity contribution is 0.0953. The third kappa shape index (κ3) is 5.65. The van der Waals surface area contributed by atoms with E-state index in [1.165, 1.54) is 14.0 Å². The van der Waals surface area contributed by atoms with Crippen LogP contribution in [-0.2, 0) is 6.42 Å². The Balaban J connectivity index is 2.12. The van der Waals surface area contributed by atoms with E-state index >= 15 is 0 Å². The largest absolute Gasteiger partial charge is 0.493 e. The van der Waals surface area contributed by atoms with Gasteiger partial charge in [0.05, 0.1) is 27.4 Å². The molecule has 0 saturated heterocycles. The molecule has 0 radical (unpaired) electrons. The molecule has 0 aliphatic carbocycles. The van der Waals surface area contributed by atoms with Gasteiger partial charge in [0.25, 0.3) is 5.91 Å². The first kappa shape index (κ1) is 23.1. The van der Waals surface area contributed by atoms with Crippen LogP contribution in [0.2, 0.25) is 0 Å². The van der Waals surface area contributed by atoms with Crippen molar-refractivity contribution in [3.63, 3.8) is 0 Å². The van der Waals surface area contributed by atoms with Gasteiger partial charge in [-0.3, -0.25) is 9.59 Å². The lowest BCUT2D eigenvalue weighted by atomic mass is 10.0. The minimum absolute atomic E-state index is 0.0786. The lowest BCUT2D eigenvalue weighted by Gasteiger charge is -2.14. The Morgan fingerprint density at radius 1 is 0.867 bits per heavy atom. The molecule has 1 N–H and O–H groups in total. The summed E-state index contributed by atoms with van der Waals surface area (Å²) in [6, 6.07) is 8.53. The van der Waals surface area contributed by atoms with Gasteiger partial charge in [0.15, 0.2) is 28.8 Å². The molecule has 0 fully saturated rings. The van der Waals surface area contributed by atoms with Gasteiger partial charge in [-0.25, -0.2) is 0 Å². The molecule has 7 nitrogen and oxygen atoms in total. The maximum absolute atomic E-state index is 12.6. The minimum atomic E-state index is -0.233. The highest BCUT2D eigenvalue weighted by atomic mass is 16.5. The highest BCUT2D eigenvalue weighted by Crippen LogP contribution is 2.31. The number of methoxy groups -OCH3 is 2. The molecular formula is C23H29NO6. The molecule has 2 aromatic carbocycles. The van der Waals surface area contributed by atoms with E-state index in [2.05, 4.69) is 5.32 Å². The second-order valence-electron chi connectivity index (χ2n) is 6.45. The number of amides is 1. The average molecular weight is 415 g/mol. The summed E-state index contributed by atoms with van der Waals surface area (Å²) in [5.41, 5.74) is 1.80. The van der Waals surface area contributed by atoms with Gasteiger partial charge in [-0.15, -0.1) is 0 Å². The first-order valence-corrected chi connectivity index (χ1v) is 9.88. The molecule has 0 atom stereocenters. The summed E-state index contributed by atoms with van der Waals surface area (Å²) in [5, 5.41) is 2.88. The predicted molar refractivity (Wildman–Crippen MR) is 114 cm³/mol. The normalized spacial score (nSPS) is 10.3. The Bertz CT molecular complexity index is 894. The molecule has 0 aliphatic rings. The summed E-state index contributed by atoms with van der Waals surface area (Å²) in [4.78, 5) is 24.6. The van der Waals surface area contributed by atoms with Crippen LogP contribution in [0, 0.1) is 0 Å². The van der Waals surface area contributed by atoms with Crippen LogP contribution in [0.4, 0.5) is 0 Å². The molecule has 2 rings (SSSR count). The van der Waals surface area contributed by atoms with Crippen molar-refractivity contribution in [2.75, 3.05) is 34.0 Å².